The standard InChI is InChI=1S/C25H34O4Si/c1-18-22-20(27-16-19-10-8-7-9-11-19)12-15-25(22)21(26)13-14-24(18,29-25)17-28-30(5,6)23(2,3)4/h7-11,13-14,20,22H,1,12,15-17H2,2-6H3/t20?,22-,24-,25-/m0/s1. The predicted octanol–water partition coefficient (Wildman–Crippen LogP) is 5.21. The summed E-state index contributed by atoms with van der Waals surface area (Å²) in [6.07, 6.45) is 4.97. The normalized spacial score (nSPS) is 33.2. The molecule has 4 nitrogen and oxygen atoms in total. The van der Waals surface area contributed by atoms with Crippen LogP contribution in [0.4, 0.5) is 0 Å². The minimum absolute atomic E-state index is 0.0416. The van der Waals surface area contributed by atoms with Crippen molar-refractivity contribution in [2.75, 3.05) is 6.61 Å². The van der Waals surface area contributed by atoms with Crippen LogP contribution in [0, 0.1) is 5.92 Å². The molecule has 2 aliphatic heterocycles. The third-order valence-corrected chi connectivity index (χ3v) is 12.1. The molecule has 1 aromatic rings. The van der Waals surface area contributed by atoms with Crippen LogP contribution in [0.3, 0.4) is 0 Å². The summed E-state index contributed by atoms with van der Waals surface area (Å²) in [5.41, 5.74) is 0.484. The summed E-state index contributed by atoms with van der Waals surface area (Å²) in [7, 11) is -1.97. The molecule has 1 saturated heterocycles. The lowest BCUT2D eigenvalue weighted by atomic mass is 9.82. The van der Waals surface area contributed by atoms with Crippen molar-refractivity contribution in [2.45, 2.75) is 75.7 Å². The van der Waals surface area contributed by atoms with Gasteiger partial charge in [-0.05, 0) is 54.3 Å². The van der Waals surface area contributed by atoms with E-state index in [4.69, 9.17) is 13.9 Å². The average molecular weight is 427 g/mol. The maximum absolute atomic E-state index is 13.0. The molecule has 1 unspecified atom stereocenters. The fourth-order valence-electron chi connectivity index (χ4n) is 4.70. The highest BCUT2D eigenvalue weighted by Gasteiger charge is 2.68. The fraction of sp³-hybridized carbons (Fsp3) is 0.560. The molecular formula is C25H34O4Si. The number of benzene rings is 1. The van der Waals surface area contributed by atoms with Gasteiger partial charge in [-0.15, -0.1) is 0 Å². The number of rotatable bonds is 6. The number of hydrogen-bond donors (Lipinski definition) is 0. The molecule has 1 aliphatic carbocycles. The molecule has 30 heavy (non-hydrogen) atoms. The number of fused-ring (bicyclic) bond motifs is 1. The van der Waals surface area contributed by atoms with Gasteiger partial charge >= 0.3 is 0 Å². The Balaban J connectivity index is 1.55. The maximum atomic E-state index is 13.0. The van der Waals surface area contributed by atoms with Crippen molar-refractivity contribution in [3.05, 3.63) is 60.2 Å². The zero-order chi connectivity index (χ0) is 21.8. The Kier molecular flexibility index (Phi) is 5.25. The van der Waals surface area contributed by atoms with E-state index in [-0.39, 0.29) is 22.8 Å². The van der Waals surface area contributed by atoms with E-state index in [9.17, 15) is 4.79 Å². The monoisotopic (exact) mass is 426 g/mol. The Bertz CT molecular complexity index is 869. The number of ketones is 1. The zero-order valence-corrected chi connectivity index (χ0v) is 19.9. The van der Waals surface area contributed by atoms with E-state index in [0.29, 0.717) is 19.6 Å². The second kappa shape index (κ2) is 7.26. The first-order valence-corrected chi connectivity index (χ1v) is 13.8. The Morgan fingerprint density at radius 3 is 2.60 bits per heavy atom. The molecule has 162 valence electrons. The number of ether oxygens (including phenoxy) is 2. The molecule has 5 heteroatoms. The summed E-state index contributed by atoms with van der Waals surface area (Å²) in [5.74, 6) is -0.0911. The van der Waals surface area contributed by atoms with E-state index in [2.05, 4.69) is 52.6 Å². The van der Waals surface area contributed by atoms with Gasteiger partial charge in [0.05, 0.1) is 19.3 Å². The van der Waals surface area contributed by atoms with Crippen molar-refractivity contribution in [1.29, 1.82) is 0 Å². The van der Waals surface area contributed by atoms with Gasteiger partial charge in [-0.2, -0.15) is 0 Å². The minimum Gasteiger partial charge on any atom is -0.413 e. The highest BCUT2D eigenvalue weighted by atomic mass is 28.4. The Labute approximate surface area is 181 Å². The molecule has 3 aliphatic rings. The summed E-state index contributed by atoms with van der Waals surface area (Å²) in [6, 6.07) is 10.1. The van der Waals surface area contributed by atoms with Gasteiger partial charge in [-0.25, -0.2) is 0 Å². The van der Waals surface area contributed by atoms with Gasteiger partial charge in [-0.3, -0.25) is 4.79 Å². The molecule has 2 fully saturated rings. The van der Waals surface area contributed by atoms with Crippen LogP contribution in [0.1, 0.15) is 39.2 Å². The lowest BCUT2D eigenvalue weighted by Gasteiger charge is -2.40. The molecule has 2 heterocycles. The van der Waals surface area contributed by atoms with Crippen LogP contribution in [0.25, 0.3) is 0 Å². The van der Waals surface area contributed by atoms with Gasteiger partial charge < -0.3 is 13.9 Å². The van der Waals surface area contributed by atoms with E-state index in [0.717, 1.165) is 17.6 Å². The summed E-state index contributed by atoms with van der Waals surface area (Å²) in [5, 5.41) is 0.104. The molecule has 0 aromatic heterocycles. The van der Waals surface area contributed by atoms with Gasteiger partial charge in [0.25, 0.3) is 0 Å². The van der Waals surface area contributed by atoms with Crippen molar-refractivity contribution < 1.29 is 18.7 Å². The Hall–Kier alpha value is -1.53. The summed E-state index contributed by atoms with van der Waals surface area (Å²) >= 11 is 0. The van der Waals surface area contributed by atoms with E-state index in [1.807, 2.05) is 24.3 Å². The van der Waals surface area contributed by atoms with Crippen molar-refractivity contribution in [1.82, 2.24) is 0 Å². The first kappa shape index (κ1) is 21.7. The molecular weight excluding hydrogens is 392 g/mol. The number of carbonyl (C=O) groups excluding carboxylic acids is 1. The first-order valence-electron chi connectivity index (χ1n) is 10.9. The van der Waals surface area contributed by atoms with E-state index >= 15 is 0 Å². The van der Waals surface area contributed by atoms with Crippen LogP contribution < -0.4 is 0 Å². The molecule has 0 amide bonds. The van der Waals surface area contributed by atoms with Crippen molar-refractivity contribution in [3.8, 4) is 0 Å². The molecule has 0 N–H and O–H groups in total. The molecule has 1 saturated carbocycles. The largest absolute Gasteiger partial charge is 0.413 e. The quantitative estimate of drug-likeness (QED) is 0.463. The lowest BCUT2D eigenvalue weighted by Crippen LogP contribution is -2.50. The van der Waals surface area contributed by atoms with Gasteiger partial charge in [0, 0.05) is 5.92 Å². The van der Waals surface area contributed by atoms with Crippen LogP contribution in [-0.4, -0.2) is 38.0 Å². The van der Waals surface area contributed by atoms with Crippen LogP contribution in [0.15, 0.2) is 54.6 Å². The smallest absolute Gasteiger partial charge is 0.192 e. The predicted molar refractivity (Wildman–Crippen MR) is 121 cm³/mol. The van der Waals surface area contributed by atoms with Crippen LogP contribution in [0.2, 0.25) is 18.1 Å². The van der Waals surface area contributed by atoms with Crippen LogP contribution in [0.5, 0.6) is 0 Å². The highest BCUT2D eigenvalue weighted by molar-refractivity contribution is 6.74. The first-order chi connectivity index (χ1) is 14.0. The van der Waals surface area contributed by atoms with E-state index < -0.39 is 19.5 Å². The zero-order valence-electron chi connectivity index (χ0n) is 18.9. The summed E-state index contributed by atoms with van der Waals surface area (Å²) in [4.78, 5) is 13.0. The summed E-state index contributed by atoms with van der Waals surface area (Å²) in [6.45, 7) is 16.5. The van der Waals surface area contributed by atoms with Crippen molar-refractivity contribution in [3.63, 3.8) is 0 Å². The van der Waals surface area contributed by atoms with Crippen molar-refractivity contribution in [2.24, 2.45) is 5.92 Å². The van der Waals surface area contributed by atoms with Crippen LogP contribution in [-0.2, 0) is 25.3 Å². The second-order valence-electron chi connectivity index (χ2n) is 10.5. The topological polar surface area (TPSA) is 44.8 Å². The fourth-order valence-corrected chi connectivity index (χ4v) is 5.71. The minimum atomic E-state index is -1.97. The molecule has 4 rings (SSSR count). The Morgan fingerprint density at radius 1 is 1.23 bits per heavy atom. The molecule has 4 atom stereocenters. The molecule has 2 bridgehead atoms. The van der Waals surface area contributed by atoms with Crippen LogP contribution >= 0.6 is 0 Å². The van der Waals surface area contributed by atoms with Gasteiger partial charge in [-0.1, -0.05) is 57.7 Å². The number of carbonyl (C=O) groups is 1. The highest BCUT2D eigenvalue weighted by Crippen LogP contribution is 2.58. The van der Waals surface area contributed by atoms with Gasteiger partial charge in [0.15, 0.2) is 14.1 Å². The van der Waals surface area contributed by atoms with E-state index in [1.54, 1.807) is 6.08 Å². The Morgan fingerprint density at radius 2 is 1.93 bits per heavy atom. The molecule has 1 aromatic carbocycles. The molecule has 0 radical (unpaired) electrons. The third kappa shape index (κ3) is 3.36. The average Bonchev–Trinajstić information content (AvgIpc) is 3.14. The van der Waals surface area contributed by atoms with E-state index in [1.165, 1.54) is 0 Å². The molecule has 1 spiro atoms. The van der Waals surface area contributed by atoms with Gasteiger partial charge in [0.1, 0.15) is 11.2 Å². The third-order valence-electron chi connectivity index (χ3n) is 7.64. The lowest BCUT2D eigenvalue weighted by molar-refractivity contribution is -0.153. The van der Waals surface area contributed by atoms with Gasteiger partial charge in [0.2, 0.25) is 0 Å². The SMILES string of the molecule is C=C1[C@H]2C(OCc3ccccc3)CC[C@@]23O[C@]1(CO[Si](C)(C)C(C)(C)C)C=CC3=O. The van der Waals surface area contributed by atoms with Crippen molar-refractivity contribution >= 4 is 14.1 Å². The number of hydrogen-bond acceptors (Lipinski definition) is 4. The second-order valence-corrected chi connectivity index (χ2v) is 15.3. The summed E-state index contributed by atoms with van der Waals surface area (Å²) < 4.78 is 19.4. The maximum Gasteiger partial charge on any atom is 0.192 e.